The third kappa shape index (κ3) is 1.97. The van der Waals surface area contributed by atoms with Gasteiger partial charge in [0.05, 0.1) is 23.5 Å². The molecular weight excluding hydrogens is 241 g/mol. The lowest BCUT2D eigenvalue weighted by molar-refractivity contribution is 0.631. The number of nitrogens with zero attached hydrogens (tertiary/aromatic N) is 2. The zero-order valence-corrected chi connectivity index (χ0v) is 9.58. The van der Waals surface area contributed by atoms with Crippen molar-refractivity contribution in [3.63, 3.8) is 0 Å². The molecule has 0 radical (unpaired) electrons. The summed E-state index contributed by atoms with van der Waals surface area (Å²) in [6.45, 7) is 0.283. The minimum Gasteiger partial charge on any atom is -0.383 e. The Balaban J connectivity index is 2.58. The molecule has 86 valence electrons. The van der Waals surface area contributed by atoms with E-state index < -0.39 is 5.82 Å². The maximum absolute atomic E-state index is 13.7. The van der Waals surface area contributed by atoms with E-state index >= 15 is 0 Å². The molecule has 0 fully saturated rings. The van der Waals surface area contributed by atoms with Gasteiger partial charge in [-0.2, -0.15) is 0 Å². The van der Waals surface area contributed by atoms with Crippen LogP contribution in [0.4, 0.5) is 10.2 Å². The predicted octanol–water partition coefficient (Wildman–Crippen LogP) is 2.56. The van der Waals surface area contributed by atoms with Crippen LogP contribution in [0.3, 0.4) is 0 Å². The van der Waals surface area contributed by atoms with E-state index in [-0.39, 0.29) is 17.1 Å². The summed E-state index contributed by atoms with van der Waals surface area (Å²) in [5.41, 5.74) is 6.34. The monoisotopic (exact) mass is 249 g/mol. The van der Waals surface area contributed by atoms with Crippen LogP contribution in [0.1, 0.15) is 0 Å². The van der Waals surface area contributed by atoms with Crippen LogP contribution in [-0.2, 0) is 6.54 Å². The summed E-state index contributed by atoms with van der Waals surface area (Å²) in [6.07, 6.45) is 6.65. The van der Waals surface area contributed by atoms with Gasteiger partial charge in [0.2, 0.25) is 0 Å². The highest BCUT2D eigenvalue weighted by Gasteiger charge is 2.16. The van der Waals surface area contributed by atoms with Gasteiger partial charge in [0.1, 0.15) is 17.3 Å². The zero-order chi connectivity index (χ0) is 12.4. The third-order valence-electron chi connectivity index (χ3n) is 2.34. The molecule has 1 aromatic carbocycles. The summed E-state index contributed by atoms with van der Waals surface area (Å²) in [7, 11) is 0. The van der Waals surface area contributed by atoms with Crippen molar-refractivity contribution in [3.05, 3.63) is 35.4 Å². The van der Waals surface area contributed by atoms with E-state index in [1.54, 1.807) is 10.6 Å². The number of benzene rings is 1. The van der Waals surface area contributed by atoms with Crippen LogP contribution in [0, 0.1) is 18.2 Å². The fourth-order valence-electron chi connectivity index (χ4n) is 1.53. The van der Waals surface area contributed by atoms with E-state index in [0.29, 0.717) is 11.5 Å². The Kier molecular flexibility index (Phi) is 3.03. The molecule has 0 spiro atoms. The molecule has 5 heteroatoms. The minimum atomic E-state index is -0.463. The van der Waals surface area contributed by atoms with Gasteiger partial charge in [0.15, 0.2) is 0 Å². The highest BCUT2D eigenvalue weighted by atomic mass is 35.5. The zero-order valence-electron chi connectivity index (χ0n) is 8.82. The van der Waals surface area contributed by atoms with Crippen LogP contribution < -0.4 is 5.73 Å². The van der Waals surface area contributed by atoms with E-state index in [2.05, 4.69) is 10.9 Å². The summed E-state index contributed by atoms with van der Waals surface area (Å²) < 4.78 is 15.2. The van der Waals surface area contributed by atoms with Crippen molar-refractivity contribution in [3.8, 4) is 23.6 Å². The van der Waals surface area contributed by atoms with E-state index in [1.165, 1.54) is 18.5 Å². The van der Waals surface area contributed by atoms with Crippen molar-refractivity contribution in [2.45, 2.75) is 6.54 Å². The van der Waals surface area contributed by atoms with Crippen LogP contribution in [0.5, 0.6) is 0 Å². The van der Waals surface area contributed by atoms with Gasteiger partial charge < -0.3 is 10.3 Å². The molecule has 2 N–H and O–H groups in total. The first-order chi connectivity index (χ1) is 8.15. The van der Waals surface area contributed by atoms with E-state index in [4.69, 9.17) is 23.8 Å². The smallest absolute Gasteiger partial charge is 0.134 e. The van der Waals surface area contributed by atoms with Gasteiger partial charge >= 0.3 is 0 Å². The average molecular weight is 250 g/mol. The third-order valence-corrected chi connectivity index (χ3v) is 2.65. The molecule has 1 heterocycles. The standard InChI is InChI=1S/C12H9ClFN3/c1-2-6-17-7-16-11(12(17)15)10-8(13)4-3-5-9(10)14/h1,3-5,7H,6,15H2. The minimum absolute atomic E-state index is 0.197. The van der Waals surface area contributed by atoms with Crippen molar-refractivity contribution in [1.82, 2.24) is 9.55 Å². The second-order valence-corrected chi connectivity index (χ2v) is 3.81. The molecule has 17 heavy (non-hydrogen) atoms. The lowest BCUT2D eigenvalue weighted by atomic mass is 10.1. The molecule has 0 amide bonds. The number of imidazole rings is 1. The predicted molar refractivity (Wildman–Crippen MR) is 65.9 cm³/mol. The molecule has 0 saturated heterocycles. The van der Waals surface area contributed by atoms with Crippen molar-refractivity contribution in [1.29, 1.82) is 0 Å². The topological polar surface area (TPSA) is 43.8 Å². The van der Waals surface area contributed by atoms with Crippen molar-refractivity contribution >= 4 is 17.4 Å². The molecule has 3 nitrogen and oxygen atoms in total. The number of anilines is 1. The van der Waals surface area contributed by atoms with Gasteiger partial charge in [-0.25, -0.2) is 9.37 Å². The first kappa shape index (κ1) is 11.5. The fourth-order valence-corrected chi connectivity index (χ4v) is 1.79. The van der Waals surface area contributed by atoms with Crippen molar-refractivity contribution in [2.75, 3.05) is 5.73 Å². The Morgan fingerprint density at radius 2 is 2.29 bits per heavy atom. The second-order valence-electron chi connectivity index (χ2n) is 3.41. The normalized spacial score (nSPS) is 10.2. The molecule has 0 saturated carbocycles. The molecule has 2 aromatic rings. The molecule has 0 aliphatic rings. The van der Waals surface area contributed by atoms with Gasteiger partial charge in [-0.05, 0) is 12.1 Å². The summed E-state index contributed by atoms with van der Waals surface area (Å²) in [6, 6.07) is 4.41. The Bertz CT molecular complexity index is 578. The Hall–Kier alpha value is -1.99. The van der Waals surface area contributed by atoms with E-state index in [1.807, 2.05) is 0 Å². The number of terminal acetylenes is 1. The largest absolute Gasteiger partial charge is 0.383 e. The summed E-state index contributed by atoms with van der Waals surface area (Å²) in [5.74, 6) is 2.27. The molecule has 0 atom stereocenters. The molecule has 0 bridgehead atoms. The quantitative estimate of drug-likeness (QED) is 0.832. The maximum atomic E-state index is 13.7. The maximum Gasteiger partial charge on any atom is 0.134 e. The number of aromatic nitrogens is 2. The van der Waals surface area contributed by atoms with Crippen molar-refractivity contribution in [2.24, 2.45) is 0 Å². The number of hydrogen-bond acceptors (Lipinski definition) is 2. The average Bonchev–Trinajstić information content (AvgIpc) is 2.62. The van der Waals surface area contributed by atoms with Crippen LogP contribution in [0.2, 0.25) is 5.02 Å². The molecule has 1 aromatic heterocycles. The summed E-state index contributed by atoms with van der Waals surface area (Å²) >= 11 is 5.94. The molecule has 0 unspecified atom stereocenters. The van der Waals surface area contributed by atoms with E-state index in [0.717, 1.165) is 0 Å². The summed E-state index contributed by atoms with van der Waals surface area (Å²) in [5, 5.41) is 0.266. The van der Waals surface area contributed by atoms with E-state index in [9.17, 15) is 4.39 Å². The number of hydrogen-bond donors (Lipinski definition) is 1. The number of rotatable bonds is 2. The molecule has 0 aliphatic heterocycles. The van der Waals surface area contributed by atoms with Gasteiger partial charge in [0.25, 0.3) is 0 Å². The number of nitrogens with two attached hydrogens (primary N) is 1. The number of nitrogen functional groups attached to an aromatic ring is 1. The second kappa shape index (κ2) is 4.48. The Morgan fingerprint density at radius 1 is 1.53 bits per heavy atom. The molecular formula is C12H9ClFN3. The highest BCUT2D eigenvalue weighted by Crippen LogP contribution is 2.32. The fraction of sp³-hybridized carbons (Fsp3) is 0.0833. The van der Waals surface area contributed by atoms with Crippen LogP contribution in [-0.4, -0.2) is 9.55 Å². The summed E-state index contributed by atoms with van der Waals surface area (Å²) in [4.78, 5) is 4.04. The van der Waals surface area contributed by atoms with Gasteiger partial charge in [-0.1, -0.05) is 23.6 Å². The van der Waals surface area contributed by atoms with Crippen LogP contribution in [0.25, 0.3) is 11.3 Å². The van der Waals surface area contributed by atoms with Gasteiger partial charge in [-0.15, -0.1) is 6.42 Å². The Morgan fingerprint density at radius 3 is 2.94 bits per heavy atom. The molecule has 0 aliphatic carbocycles. The number of halogens is 2. The Labute approximate surface area is 103 Å². The lowest BCUT2D eigenvalue weighted by Crippen LogP contribution is -2.01. The van der Waals surface area contributed by atoms with Gasteiger partial charge in [-0.3, -0.25) is 0 Å². The van der Waals surface area contributed by atoms with Gasteiger partial charge in [0, 0.05) is 0 Å². The first-order valence-electron chi connectivity index (χ1n) is 4.83. The highest BCUT2D eigenvalue weighted by molar-refractivity contribution is 6.33. The van der Waals surface area contributed by atoms with Crippen molar-refractivity contribution < 1.29 is 4.39 Å². The van der Waals surface area contributed by atoms with Crippen LogP contribution in [0.15, 0.2) is 24.5 Å². The SMILES string of the molecule is C#CCn1cnc(-c2c(F)cccc2Cl)c1N. The lowest BCUT2D eigenvalue weighted by Gasteiger charge is -2.05. The van der Waals surface area contributed by atoms with Crippen LogP contribution >= 0.6 is 11.6 Å². The first-order valence-corrected chi connectivity index (χ1v) is 5.21. The molecule has 2 rings (SSSR count).